The van der Waals surface area contributed by atoms with Crippen molar-refractivity contribution in [1.82, 2.24) is 10.2 Å². The molecule has 0 radical (unpaired) electrons. The van der Waals surface area contributed by atoms with Gasteiger partial charge in [-0.15, -0.1) is 0 Å². The van der Waals surface area contributed by atoms with Gasteiger partial charge in [-0.25, -0.2) is 0 Å². The van der Waals surface area contributed by atoms with Crippen LogP contribution in [-0.2, 0) is 9.53 Å². The highest BCUT2D eigenvalue weighted by molar-refractivity contribution is 5.77. The molecule has 2 rings (SSSR count). The Balaban J connectivity index is 1.82. The maximum atomic E-state index is 11.7. The normalized spacial score (nSPS) is 28.9. The van der Waals surface area contributed by atoms with Gasteiger partial charge < -0.3 is 15.0 Å². The predicted octanol–water partition coefficient (Wildman–Crippen LogP) is 0.377. The highest BCUT2D eigenvalue weighted by Crippen LogP contribution is 2.10. The zero-order valence-corrected chi connectivity index (χ0v) is 9.21. The van der Waals surface area contributed by atoms with E-state index in [4.69, 9.17) is 4.74 Å². The number of hydrogen-bond donors (Lipinski definition) is 1. The lowest BCUT2D eigenvalue weighted by atomic mass is 10.0. The van der Waals surface area contributed by atoms with Crippen LogP contribution in [0.1, 0.15) is 25.7 Å². The number of ether oxygens (including phenoxy) is 1. The summed E-state index contributed by atoms with van der Waals surface area (Å²) in [5, 5.41) is 3.47. The molecule has 2 saturated heterocycles. The van der Waals surface area contributed by atoms with Crippen LogP contribution in [0.5, 0.6) is 0 Å². The second-order valence-corrected chi connectivity index (χ2v) is 4.39. The van der Waals surface area contributed by atoms with E-state index in [0.29, 0.717) is 6.04 Å². The molecule has 0 aromatic heterocycles. The Bertz CT molecular complexity index is 215. The molecule has 0 saturated carbocycles. The van der Waals surface area contributed by atoms with Crippen LogP contribution in [0.15, 0.2) is 0 Å². The fourth-order valence-electron chi connectivity index (χ4n) is 2.27. The van der Waals surface area contributed by atoms with Crippen molar-refractivity contribution in [3.63, 3.8) is 0 Å². The summed E-state index contributed by atoms with van der Waals surface area (Å²) in [6.45, 7) is 3.81. The van der Waals surface area contributed by atoms with Gasteiger partial charge in [-0.05, 0) is 25.8 Å². The lowest BCUT2D eigenvalue weighted by Crippen LogP contribution is -2.46. The first-order chi connectivity index (χ1) is 7.36. The molecule has 2 fully saturated rings. The number of hydrogen-bond acceptors (Lipinski definition) is 3. The third-order valence-corrected chi connectivity index (χ3v) is 3.15. The summed E-state index contributed by atoms with van der Waals surface area (Å²) in [5.74, 6) is 0.153. The van der Waals surface area contributed by atoms with E-state index in [2.05, 4.69) is 5.32 Å². The van der Waals surface area contributed by atoms with Gasteiger partial charge in [0.1, 0.15) is 6.61 Å². The number of piperidine rings is 1. The van der Waals surface area contributed by atoms with E-state index in [1.165, 1.54) is 19.3 Å². The lowest BCUT2D eigenvalue weighted by molar-refractivity contribution is -0.134. The predicted molar refractivity (Wildman–Crippen MR) is 57.7 cm³/mol. The standard InChI is InChI=1S/C11H20N2O2/c14-11-9-15-7-3-6-13(11)8-10-4-1-2-5-12-10/h10,12H,1-9H2. The monoisotopic (exact) mass is 212 g/mol. The average molecular weight is 212 g/mol. The molecule has 0 aliphatic carbocycles. The van der Waals surface area contributed by atoms with Crippen LogP contribution in [0.3, 0.4) is 0 Å². The summed E-state index contributed by atoms with van der Waals surface area (Å²) in [7, 11) is 0. The van der Waals surface area contributed by atoms with Crippen molar-refractivity contribution in [2.45, 2.75) is 31.7 Å². The van der Waals surface area contributed by atoms with Gasteiger partial charge in [0.15, 0.2) is 0 Å². The molecule has 4 nitrogen and oxygen atoms in total. The van der Waals surface area contributed by atoms with Crippen LogP contribution >= 0.6 is 0 Å². The molecule has 86 valence electrons. The lowest BCUT2D eigenvalue weighted by Gasteiger charge is -2.29. The van der Waals surface area contributed by atoms with Gasteiger partial charge in [0.25, 0.3) is 0 Å². The zero-order chi connectivity index (χ0) is 10.5. The molecule has 1 amide bonds. The van der Waals surface area contributed by atoms with Crippen molar-refractivity contribution in [3.05, 3.63) is 0 Å². The molecule has 15 heavy (non-hydrogen) atoms. The maximum absolute atomic E-state index is 11.7. The van der Waals surface area contributed by atoms with Gasteiger partial charge in [-0.3, -0.25) is 4.79 Å². The van der Waals surface area contributed by atoms with E-state index in [1.807, 2.05) is 4.90 Å². The Kier molecular flexibility index (Phi) is 3.97. The van der Waals surface area contributed by atoms with Crippen LogP contribution in [0.2, 0.25) is 0 Å². The van der Waals surface area contributed by atoms with Gasteiger partial charge in [0.05, 0.1) is 0 Å². The Labute approximate surface area is 91.0 Å². The van der Waals surface area contributed by atoms with Crippen molar-refractivity contribution < 1.29 is 9.53 Å². The van der Waals surface area contributed by atoms with E-state index in [0.717, 1.165) is 32.7 Å². The molecule has 2 aliphatic rings. The number of amides is 1. The van der Waals surface area contributed by atoms with E-state index in [9.17, 15) is 4.79 Å². The van der Waals surface area contributed by atoms with Crippen LogP contribution in [0.4, 0.5) is 0 Å². The Morgan fingerprint density at radius 2 is 2.33 bits per heavy atom. The van der Waals surface area contributed by atoms with Crippen molar-refractivity contribution >= 4 is 5.91 Å². The van der Waals surface area contributed by atoms with Crippen molar-refractivity contribution in [1.29, 1.82) is 0 Å². The van der Waals surface area contributed by atoms with Crippen LogP contribution < -0.4 is 5.32 Å². The molecule has 0 bridgehead atoms. The largest absolute Gasteiger partial charge is 0.372 e. The minimum atomic E-state index is 0.153. The molecule has 0 aromatic carbocycles. The number of nitrogens with zero attached hydrogens (tertiary/aromatic N) is 1. The first-order valence-corrected chi connectivity index (χ1v) is 5.95. The summed E-state index contributed by atoms with van der Waals surface area (Å²) in [4.78, 5) is 13.6. The third-order valence-electron chi connectivity index (χ3n) is 3.15. The highest BCUT2D eigenvalue weighted by Gasteiger charge is 2.21. The minimum absolute atomic E-state index is 0.153. The Morgan fingerprint density at radius 1 is 1.40 bits per heavy atom. The second-order valence-electron chi connectivity index (χ2n) is 4.39. The fraction of sp³-hybridized carbons (Fsp3) is 0.909. The highest BCUT2D eigenvalue weighted by atomic mass is 16.5. The van der Waals surface area contributed by atoms with Crippen molar-refractivity contribution in [2.75, 3.05) is 32.8 Å². The molecule has 2 aliphatic heterocycles. The van der Waals surface area contributed by atoms with E-state index in [-0.39, 0.29) is 12.5 Å². The van der Waals surface area contributed by atoms with Crippen molar-refractivity contribution in [3.8, 4) is 0 Å². The molecule has 1 unspecified atom stereocenters. The van der Waals surface area contributed by atoms with Gasteiger partial charge in [-0.1, -0.05) is 6.42 Å². The molecule has 4 heteroatoms. The van der Waals surface area contributed by atoms with Gasteiger partial charge in [-0.2, -0.15) is 0 Å². The molecule has 0 spiro atoms. The first kappa shape index (κ1) is 10.9. The number of carbonyl (C=O) groups excluding carboxylic acids is 1. The van der Waals surface area contributed by atoms with Crippen molar-refractivity contribution in [2.24, 2.45) is 0 Å². The molecule has 0 aromatic rings. The van der Waals surface area contributed by atoms with E-state index < -0.39 is 0 Å². The topological polar surface area (TPSA) is 41.6 Å². The molecular weight excluding hydrogens is 192 g/mol. The van der Waals surface area contributed by atoms with Gasteiger partial charge in [0.2, 0.25) is 5.91 Å². The number of carbonyl (C=O) groups is 1. The van der Waals surface area contributed by atoms with Crippen LogP contribution in [0, 0.1) is 0 Å². The van der Waals surface area contributed by atoms with Crippen LogP contribution in [-0.4, -0.2) is 49.7 Å². The molecule has 1 atom stereocenters. The summed E-state index contributed by atoms with van der Waals surface area (Å²) in [6, 6.07) is 0.501. The Hall–Kier alpha value is -0.610. The molecule has 1 N–H and O–H groups in total. The minimum Gasteiger partial charge on any atom is -0.372 e. The molecule has 2 heterocycles. The third kappa shape index (κ3) is 3.18. The summed E-state index contributed by atoms with van der Waals surface area (Å²) in [6.07, 6.45) is 4.73. The smallest absolute Gasteiger partial charge is 0.248 e. The molecular formula is C11H20N2O2. The summed E-state index contributed by atoms with van der Waals surface area (Å²) >= 11 is 0. The van der Waals surface area contributed by atoms with E-state index in [1.54, 1.807) is 0 Å². The van der Waals surface area contributed by atoms with Crippen LogP contribution in [0.25, 0.3) is 0 Å². The second kappa shape index (κ2) is 5.47. The zero-order valence-electron chi connectivity index (χ0n) is 9.21. The number of nitrogens with one attached hydrogen (secondary N) is 1. The Morgan fingerprint density at radius 3 is 3.13 bits per heavy atom. The summed E-state index contributed by atoms with van der Waals surface area (Å²) < 4.78 is 5.21. The first-order valence-electron chi connectivity index (χ1n) is 5.95. The fourth-order valence-corrected chi connectivity index (χ4v) is 2.27. The number of rotatable bonds is 2. The maximum Gasteiger partial charge on any atom is 0.248 e. The quantitative estimate of drug-likeness (QED) is 0.719. The van der Waals surface area contributed by atoms with Gasteiger partial charge >= 0.3 is 0 Å². The average Bonchev–Trinajstić information content (AvgIpc) is 2.46. The summed E-state index contributed by atoms with van der Waals surface area (Å²) in [5.41, 5.74) is 0. The SMILES string of the molecule is O=C1COCCCN1CC1CCCCN1. The van der Waals surface area contributed by atoms with Gasteiger partial charge in [0, 0.05) is 25.7 Å². The van der Waals surface area contributed by atoms with E-state index >= 15 is 0 Å².